The topological polar surface area (TPSA) is 36.4 Å². The Morgan fingerprint density at radius 2 is 2.35 bits per heavy atom. The molecule has 0 aromatic carbocycles. The number of pyridine rings is 1. The lowest BCUT2D eigenvalue weighted by Crippen LogP contribution is -2.45. The molecule has 1 N–H and O–H groups in total. The lowest BCUT2D eigenvalue weighted by Gasteiger charge is -2.38. The number of hydrogen-bond donors (Lipinski definition) is 1. The molecule has 2 unspecified atom stereocenters. The van der Waals surface area contributed by atoms with Crippen LogP contribution in [0.15, 0.2) is 12.3 Å². The molecular formula is C12H17ClN2OS. The molecule has 94 valence electrons. The minimum Gasteiger partial charge on any atom is -0.392 e. The third-order valence-corrected chi connectivity index (χ3v) is 4.95. The quantitative estimate of drug-likeness (QED) is 0.898. The van der Waals surface area contributed by atoms with Crippen molar-refractivity contribution in [3.63, 3.8) is 0 Å². The molecule has 5 heteroatoms. The van der Waals surface area contributed by atoms with Crippen LogP contribution in [0.1, 0.15) is 19.4 Å². The summed E-state index contributed by atoms with van der Waals surface area (Å²) < 4.78 is 0. The van der Waals surface area contributed by atoms with Crippen LogP contribution in [0.25, 0.3) is 0 Å². The molecule has 3 nitrogen and oxygen atoms in total. The Morgan fingerprint density at radius 3 is 3.06 bits per heavy atom. The maximum Gasteiger partial charge on any atom is 0.129 e. The molecule has 0 saturated carbocycles. The standard InChI is InChI=1S/C12H17ClN2OS/c1-8-9(2)17-4-3-15(8)12-5-10(7-16)11(13)6-14-12/h5-6,8-9,16H,3-4,7H2,1-2H3. The lowest BCUT2D eigenvalue weighted by molar-refractivity contribution is 0.282. The molecule has 17 heavy (non-hydrogen) atoms. The van der Waals surface area contributed by atoms with E-state index in [1.54, 1.807) is 6.20 Å². The van der Waals surface area contributed by atoms with Gasteiger partial charge in [0, 0.05) is 35.3 Å². The Balaban J connectivity index is 2.27. The van der Waals surface area contributed by atoms with Crippen molar-refractivity contribution in [3.05, 3.63) is 22.8 Å². The molecule has 0 bridgehead atoms. The molecule has 2 atom stereocenters. The van der Waals surface area contributed by atoms with Crippen LogP contribution in [0.4, 0.5) is 5.82 Å². The number of aliphatic hydroxyl groups excluding tert-OH is 1. The second-order valence-electron chi connectivity index (χ2n) is 4.30. The fourth-order valence-electron chi connectivity index (χ4n) is 2.00. The summed E-state index contributed by atoms with van der Waals surface area (Å²) in [5.41, 5.74) is 0.745. The summed E-state index contributed by atoms with van der Waals surface area (Å²) in [5, 5.41) is 10.4. The zero-order valence-electron chi connectivity index (χ0n) is 10.1. The molecule has 0 amide bonds. The predicted octanol–water partition coefficient (Wildman–Crippen LogP) is 2.56. The molecule has 0 aliphatic carbocycles. The number of aromatic nitrogens is 1. The summed E-state index contributed by atoms with van der Waals surface area (Å²) in [7, 11) is 0. The summed E-state index contributed by atoms with van der Waals surface area (Å²) in [6, 6.07) is 2.34. The van der Waals surface area contributed by atoms with Gasteiger partial charge in [0.15, 0.2) is 0 Å². The smallest absolute Gasteiger partial charge is 0.129 e. The normalized spacial score (nSPS) is 25.1. The molecule has 2 rings (SSSR count). The average Bonchev–Trinajstić information content (AvgIpc) is 2.34. The first-order chi connectivity index (χ1) is 8.13. The Kier molecular flexibility index (Phi) is 4.17. The van der Waals surface area contributed by atoms with Gasteiger partial charge in [-0.1, -0.05) is 18.5 Å². The molecule has 1 aliphatic rings. The molecule has 2 heterocycles. The molecule has 1 fully saturated rings. The van der Waals surface area contributed by atoms with E-state index in [1.807, 2.05) is 17.8 Å². The number of thioether (sulfide) groups is 1. The van der Waals surface area contributed by atoms with Gasteiger partial charge in [0.25, 0.3) is 0 Å². The van der Waals surface area contributed by atoms with E-state index in [2.05, 4.69) is 23.7 Å². The first kappa shape index (κ1) is 13.0. The molecule has 0 spiro atoms. The van der Waals surface area contributed by atoms with Crippen molar-refractivity contribution in [1.29, 1.82) is 0 Å². The molecular weight excluding hydrogens is 256 g/mol. The Labute approximate surface area is 111 Å². The van der Waals surface area contributed by atoms with Gasteiger partial charge in [-0.3, -0.25) is 0 Å². The first-order valence-electron chi connectivity index (χ1n) is 5.77. The highest BCUT2D eigenvalue weighted by Gasteiger charge is 2.26. The van der Waals surface area contributed by atoms with E-state index in [0.29, 0.717) is 16.3 Å². The van der Waals surface area contributed by atoms with Gasteiger partial charge in [-0.15, -0.1) is 0 Å². The van der Waals surface area contributed by atoms with Gasteiger partial charge in [0.05, 0.1) is 11.6 Å². The Hall–Kier alpha value is -0.450. The van der Waals surface area contributed by atoms with E-state index >= 15 is 0 Å². The largest absolute Gasteiger partial charge is 0.392 e. The second-order valence-corrected chi connectivity index (χ2v) is 6.19. The summed E-state index contributed by atoms with van der Waals surface area (Å²) >= 11 is 7.95. The van der Waals surface area contributed by atoms with Crippen LogP contribution in [-0.2, 0) is 6.61 Å². The minimum atomic E-state index is -0.0408. The van der Waals surface area contributed by atoms with Gasteiger partial charge in [-0.2, -0.15) is 11.8 Å². The highest BCUT2D eigenvalue weighted by molar-refractivity contribution is 8.00. The molecule has 1 aliphatic heterocycles. The van der Waals surface area contributed by atoms with E-state index < -0.39 is 0 Å². The zero-order valence-corrected chi connectivity index (χ0v) is 11.6. The maximum absolute atomic E-state index is 9.22. The van der Waals surface area contributed by atoms with Crippen molar-refractivity contribution in [2.45, 2.75) is 31.7 Å². The van der Waals surface area contributed by atoms with Crippen LogP contribution in [0, 0.1) is 0 Å². The molecule has 1 aromatic rings. The second kappa shape index (κ2) is 5.46. The van der Waals surface area contributed by atoms with Crippen molar-refractivity contribution in [2.75, 3.05) is 17.2 Å². The van der Waals surface area contributed by atoms with Gasteiger partial charge in [-0.05, 0) is 13.0 Å². The molecule has 0 radical (unpaired) electrons. The van der Waals surface area contributed by atoms with Crippen molar-refractivity contribution < 1.29 is 5.11 Å². The van der Waals surface area contributed by atoms with Crippen molar-refractivity contribution in [2.24, 2.45) is 0 Å². The summed E-state index contributed by atoms with van der Waals surface area (Å²) in [4.78, 5) is 6.66. The van der Waals surface area contributed by atoms with Gasteiger partial charge in [-0.25, -0.2) is 4.98 Å². The third kappa shape index (κ3) is 2.69. The number of aliphatic hydroxyl groups is 1. The van der Waals surface area contributed by atoms with Crippen molar-refractivity contribution in [1.82, 2.24) is 4.98 Å². The summed E-state index contributed by atoms with van der Waals surface area (Å²) in [5.74, 6) is 2.03. The highest BCUT2D eigenvalue weighted by Crippen LogP contribution is 2.29. The van der Waals surface area contributed by atoms with E-state index in [1.165, 1.54) is 0 Å². The molecule has 1 aromatic heterocycles. The fraction of sp³-hybridized carbons (Fsp3) is 0.583. The third-order valence-electron chi connectivity index (χ3n) is 3.27. The zero-order chi connectivity index (χ0) is 12.4. The lowest BCUT2D eigenvalue weighted by atomic mass is 10.2. The predicted molar refractivity (Wildman–Crippen MR) is 73.9 cm³/mol. The van der Waals surface area contributed by atoms with Crippen molar-refractivity contribution in [3.8, 4) is 0 Å². The first-order valence-corrected chi connectivity index (χ1v) is 7.19. The van der Waals surface area contributed by atoms with Crippen LogP contribution >= 0.6 is 23.4 Å². The van der Waals surface area contributed by atoms with Gasteiger partial charge in [0.2, 0.25) is 0 Å². The van der Waals surface area contributed by atoms with E-state index in [9.17, 15) is 5.11 Å². The SMILES string of the molecule is CC1SCCN(c2cc(CO)c(Cl)cn2)C1C. The Morgan fingerprint density at radius 1 is 1.59 bits per heavy atom. The number of hydrogen-bond acceptors (Lipinski definition) is 4. The van der Waals surface area contributed by atoms with Crippen LogP contribution in [0.5, 0.6) is 0 Å². The monoisotopic (exact) mass is 272 g/mol. The van der Waals surface area contributed by atoms with Crippen molar-refractivity contribution >= 4 is 29.2 Å². The maximum atomic E-state index is 9.22. The van der Waals surface area contributed by atoms with Gasteiger partial charge in [0.1, 0.15) is 5.82 Å². The average molecular weight is 273 g/mol. The number of rotatable bonds is 2. The number of nitrogens with zero attached hydrogens (tertiary/aromatic N) is 2. The summed E-state index contributed by atoms with van der Waals surface area (Å²) in [6.45, 7) is 5.41. The van der Waals surface area contributed by atoms with Gasteiger partial charge < -0.3 is 10.0 Å². The van der Waals surface area contributed by atoms with Crippen LogP contribution < -0.4 is 4.90 Å². The molecule has 1 saturated heterocycles. The summed E-state index contributed by atoms with van der Waals surface area (Å²) in [6.07, 6.45) is 1.63. The number of anilines is 1. The van der Waals surface area contributed by atoms with E-state index in [-0.39, 0.29) is 6.61 Å². The number of halogens is 1. The van der Waals surface area contributed by atoms with Crippen LogP contribution in [-0.4, -0.2) is 33.7 Å². The highest BCUT2D eigenvalue weighted by atomic mass is 35.5. The van der Waals surface area contributed by atoms with Gasteiger partial charge >= 0.3 is 0 Å². The van der Waals surface area contributed by atoms with E-state index in [4.69, 9.17) is 11.6 Å². The van der Waals surface area contributed by atoms with Crippen LogP contribution in [0.3, 0.4) is 0 Å². The van der Waals surface area contributed by atoms with Crippen LogP contribution in [0.2, 0.25) is 5.02 Å². The Bertz CT molecular complexity index is 402. The minimum absolute atomic E-state index is 0.0408. The fourth-order valence-corrected chi connectivity index (χ4v) is 3.26. The van der Waals surface area contributed by atoms with E-state index in [0.717, 1.165) is 23.7 Å².